The Morgan fingerprint density at radius 2 is 2.12 bits per heavy atom. The quantitative estimate of drug-likeness (QED) is 0.725. The van der Waals surface area contributed by atoms with E-state index >= 15 is 0 Å². The van der Waals surface area contributed by atoms with E-state index in [0.717, 1.165) is 6.42 Å². The molecule has 0 spiro atoms. The Labute approximate surface area is 94.7 Å². The maximum absolute atomic E-state index is 11.0. The summed E-state index contributed by atoms with van der Waals surface area (Å²) in [6.45, 7) is 5.91. The fourth-order valence-corrected chi connectivity index (χ4v) is 2.11. The van der Waals surface area contributed by atoms with E-state index in [2.05, 4.69) is 34.0 Å². The monoisotopic (exact) mass is 220 g/mol. The molecule has 86 valence electrons. The molecule has 1 aliphatic carbocycles. The van der Waals surface area contributed by atoms with Crippen molar-refractivity contribution in [3.63, 3.8) is 0 Å². The van der Waals surface area contributed by atoms with Crippen molar-refractivity contribution in [2.45, 2.75) is 38.6 Å². The van der Waals surface area contributed by atoms with Crippen LogP contribution in [-0.4, -0.2) is 17.9 Å². The van der Waals surface area contributed by atoms with Crippen molar-refractivity contribution in [1.82, 2.24) is 5.32 Å². The first-order chi connectivity index (χ1) is 7.66. The molecule has 0 bridgehead atoms. The third-order valence-electron chi connectivity index (χ3n) is 3.12. The van der Waals surface area contributed by atoms with E-state index in [-0.39, 0.29) is 6.04 Å². The van der Waals surface area contributed by atoms with Crippen LogP contribution in [0, 0.1) is 5.92 Å². The molecule has 5 nitrogen and oxygen atoms in total. The molecule has 2 amide bonds. The molecular formula is C11H16N4O. The molecule has 16 heavy (non-hydrogen) atoms. The topological polar surface area (TPSA) is 66.2 Å². The maximum Gasteiger partial charge on any atom is 0.365 e. The lowest BCUT2D eigenvalue weighted by atomic mass is 9.86. The Morgan fingerprint density at radius 1 is 1.38 bits per heavy atom. The predicted octanol–water partition coefficient (Wildman–Crippen LogP) is 2.65. The van der Waals surface area contributed by atoms with Crippen molar-refractivity contribution in [2.75, 3.05) is 0 Å². The number of urea groups is 1. The first-order valence-corrected chi connectivity index (χ1v) is 5.66. The highest BCUT2D eigenvalue weighted by molar-refractivity contribution is 6.08. The summed E-state index contributed by atoms with van der Waals surface area (Å²) >= 11 is 0. The van der Waals surface area contributed by atoms with Gasteiger partial charge in [-0.15, -0.1) is 5.11 Å². The number of nitrogens with one attached hydrogen (secondary N) is 1. The van der Waals surface area contributed by atoms with Crippen LogP contribution in [0.4, 0.5) is 4.79 Å². The highest BCUT2D eigenvalue weighted by atomic mass is 16.2. The van der Waals surface area contributed by atoms with Crippen molar-refractivity contribution in [3.05, 3.63) is 12.3 Å². The van der Waals surface area contributed by atoms with Gasteiger partial charge in [-0.3, -0.25) is 10.3 Å². The molecule has 0 aromatic carbocycles. The molecule has 0 aromatic heterocycles. The van der Waals surface area contributed by atoms with Crippen LogP contribution in [0.2, 0.25) is 0 Å². The van der Waals surface area contributed by atoms with Crippen molar-refractivity contribution in [3.8, 4) is 0 Å². The van der Waals surface area contributed by atoms with Crippen molar-refractivity contribution < 1.29 is 4.79 Å². The summed E-state index contributed by atoms with van der Waals surface area (Å²) < 4.78 is 0. The summed E-state index contributed by atoms with van der Waals surface area (Å²) in [5.41, 5.74) is 0.442. The van der Waals surface area contributed by atoms with Crippen LogP contribution in [0.5, 0.6) is 0 Å². The van der Waals surface area contributed by atoms with Crippen LogP contribution in [0.15, 0.2) is 27.5 Å². The average molecular weight is 220 g/mol. The van der Waals surface area contributed by atoms with Crippen LogP contribution in [-0.2, 0) is 0 Å². The summed E-state index contributed by atoms with van der Waals surface area (Å²) in [6.07, 6.45) is 4.75. The highest BCUT2D eigenvalue weighted by Gasteiger charge is 2.23. The summed E-state index contributed by atoms with van der Waals surface area (Å²) in [5.74, 6) is 1.04. The SMILES string of the molecule is C=C1N=NC(=O)NC1=NC1CCCCC1C. The second kappa shape index (κ2) is 4.55. The second-order valence-corrected chi connectivity index (χ2v) is 4.38. The van der Waals surface area contributed by atoms with E-state index in [1.807, 2.05) is 0 Å². The largest absolute Gasteiger partial charge is 0.365 e. The zero-order valence-corrected chi connectivity index (χ0v) is 9.44. The normalized spacial score (nSPS) is 32.9. The van der Waals surface area contributed by atoms with Crippen LogP contribution >= 0.6 is 0 Å². The number of nitrogens with zero attached hydrogens (tertiary/aromatic N) is 3. The first-order valence-electron chi connectivity index (χ1n) is 5.66. The molecule has 2 aliphatic rings. The molecule has 2 rings (SSSR count). The van der Waals surface area contributed by atoms with Gasteiger partial charge in [0.2, 0.25) is 0 Å². The lowest BCUT2D eigenvalue weighted by molar-refractivity contribution is 0.251. The summed E-state index contributed by atoms with van der Waals surface area (Å²) in [7, 11) is 0. The molecule has 2 unspecified atom stereocenters. The van der Waals surface area contributed by atoms with Gasteiger partial charge in [-0.05, 0) is 18.8 Å². The van der Waals surface area contributed by atoms with Gasteiger partial charge in [-0.25, -0.2) is 4.79 Å². The van der Waals surface area contributed by atoms with E-state index in [4.69, 9.17) is 0 Å². The molecule has 1 fully saturated rings. The number of amidine groups is 1. The molecule has 1 aliphatic heterocycles. The van der Waals surface area contributed by atoms with Crippen LogP contribution < -0.4 is 5.32 Å². The highest BCUT2D eigenvalue weighted by Crippen LogP contribution is 2.26. The Kier molecular flexibility index (Phi) is 3.12. The molecule has 0 aromatic rings. The molecule has 5 heteroatoms. The smallest absolute Gasteiger partial charge is 0.288 e. The zero-order chi connectivity index (χ0) is 11.5. The molecule has 0 saturated heterocycles. The van der Waals surface area contributed by atoms with E-state index in [9.17, 15) is 4.79 Å². The average Bonchev–Trinajstić information content (AvgIpc) is 2.27. The van der Waals surface area contributed by atoms with Crippen molar-refractivity contribution in [1.29, 1.82) is 0 Å². The summed E-state index contributed by atoms with van der Waals surface area (Å²) in [5, 5.41) is 9.62. The number of amides is 2. The van der Waals surface area contributed by atoms with E-state index in [1.165, 1.54) is 19.3 Å². The third kappa shape index (κ3) is 2.35. The molecule has 2 atom stereocenters. The maximum atomic E-state index is 11.0. The molecule has 0 radical (unpaired) electrons. The minimum atomic E-state index is -0.463. The van der Waals surface area contributed by atoms with Gasteiger partial charge in [0.1, 0.15) is 5.70 Å². The van der Waals surface area contributed by atoms with Crippen molar-refractivity contribution >= 4 is 11.9 Å². The number of aliphatic imine (C=N–C) groups is 1. The standard InChI is InChI=1S/C11H16N4O/c1-7-5-3-4-6-9(7)12-10-8(2)14-15-11(16)13-10/h7,9H,2-6H2,1H3,(H,12,13,16). The molecule has 1 N–H and O–H groups in total. The Morgan fingerprint density at radius 3 is 2.88 bits per heavy atom. The van der Waals surface area contributed by atoms with Crippen LogP contribution in [0.3, 0.4) is 0 Å². The van der Waals surface area contributed by atoms with Gasteiger partial charge in [0.05, 0.1) is 6.04 Å². The fourth-order valence-electron chi connectivity index (χ4n) is 2.11. The second-order valence-electron chi connectivity index (χ2n) is 4.38. The van der Waals surface area contributed by atoms with Gasteiger partial charge in [0, 0.05) is 0 Å². The first kappa shape index (κ1) is 11.0. The summed E-state index contributed by atoms with van der Waals surface area (Å²) in [4.78, 5) is 15.6. The van der Waals surface area contributed by atoms with Crippen LogP contribution in [0.25, 0.3) is 0 Å². The fraction of sp³-hybridized carbons (Fsp3) is 0.636. The van der Waals surface area contributed by atoms with E-state index < -0.39 is 6.03 Å². The number of hydrogen-bond acceptors (Lipinski definition) is 3. The van der Waals surface area contributed by atoms with Gasteiger partial charge in [-0.1, -0.05) is 31.5 Å². The zero-order valence-electron chi connectivity index (χ0n) is 9.44. The lowest BCUT2D eigenvalue weighted by Crippen LogP contribution is -2.34. The molecule has 1 heterocycles. The number of rotatable bonds is 1. The van der Waals surface area contributed by atoms with Crippen LogP contribution in [0.1, 0.15) is 32.6 Å². The number of azo groups is 1. The minimum absolute atomic E-state index is 0.272. The predicted molar refractivity (Wildman–Crippen MR) is 61.4 cm³/mol. The van der Waals surface area contributed by atoms with Gasteiger partial charge in [0.15, 0.2) is 5.84 Å². The molecular weight excluding hydrogens is 204 g/mol. The third-order valence-corrected chi connectivity index (χ3v) is 3.12. The Hall–Kier alpha value is -1.52. The number of carbonyl (C=O) groups excluding carboxylic acids is 1. The minimum Gasteiger partial charge on any atom is -0.288 e. The molecule has 1 saturated carbocycles. The van der Waals surface area contributed by atoms with E-state index in [1.54, 1.807) is 0 Å². The number of carbonyl (C=O) groups is 1. The van der Waals surface area contributed by atoms with Gasteiger partial charge < -0.3 is 0 Å². The van der Waals surface area contributed by atoms with Gasteiger partial charge in [0.25, 0.3) is 0 Å². The Balaban J connectivity index is 2.13. The summed E-state index contributed by atoms with van der Waals surface area (Å²) in [6, 6.07) is -0.191. The number of hydrogen-bond donors (Lipinski definition) is 1. The van der Waals surface area contributed by atoms with Gasteiger partial charge >= 0.3 is 6.03 Å². The van der Waals surface area contributed by atoms with Crippen molar-refractivity contribution in [2.24, 2.45) is 21.1 Å². The Bertz CT molecular complexity index is 372. The van der Waals surface area contributed by atoms with Gasteiger partial charge in [-0.2, -0.15) is 0 Å². The van der Waals surface area contributed by atoms with E-state index in [0.29, 0.717) is 17.5 Å². The lowest BCUT2D eigenvalue weighted by Gasteiger charge is -2.26.